The van der Waals surface area contributed by atoms with Crippen LogP contribution in [0.5, 0.6) is 0 Å². The Balaban J connectivity index is 2.77. The van der Waals surface area contributed by atoms with Gasteiger partial charge >= 0.3 is 0 Å². The van der Waals surface area contributed by atoms with Crippen LogP contribution < -0.4 is 21.4 Å². The summed E-state index contributed by atoms with van der Waals surface area (Å²) < 4.78 is 0. The maximum atomic E-state index is 12.8. The summed E-state index contributed by atoms with van der Waals surface area (Å²) in [5, 5.41) is 24.1. The van der Waals surface area contributed by atoms with Gasteiger partial charge in [0, 0.05) is 48.5 Å². The Bertz CT molecular complexity index is 745. The number of rotatable bonds is 15. The number of hydrogen-bond acceptors (Lipinski definition) is 7. The standard InChI is InChI=1S/C19H29Br2N5O5/c20-7-10-25(11-8-21)18-15(12-14(22)13-16(18)26(30)31)19(28)23-9-5-3-1-2-4-6-17(27)24-29/h12-13,29H,1-11,22H2,(H,23,28)(H,24,27). The number of carbonyl (C=O) groups excluding carboxylic acids is 2. The number of halogens is 2. The third-order valence-corrected chi connectivity index (χ3v) is 5.28. The maximum Gasteiger partial charge on any atom is 0.295 e. The molecule has 12 heteroatoms. The molecule has 0 bridgehead atoms. The van der Waals surface area contributed by atoms with Crippen molar-refractivity contribution in [1.82, 2.24) is 10.8 Å². The number of nitrogen functional groups attached to an aromatic ring is 1. The van der Waals surface area contributed by atoms with Gasteiger partial charge in [0.15, 0.2) is 0 Å². The third kappa shape index (κ3) is 9.40. The van der Waals surface area contributed by atoms with Crippen LogP contribution in [0.4, 0.5) is 17.1 Å². The number of nitrogens with zero attached hydrogens (tertiary/aromatic N) is 2. The highest BCUT2D eigenvalue weighted by atomic mass is 79.9. The van der Waals surface area contributed by atoms with Gasteiger partial charge in [-0.1, -0.05) is 51.1 Å². The smallest absolute Gasteiger partial charge is 0.295 e. The zero-order chi connectivity index (χ0) is 23.2. The van der Waals surface area contributed by atoms with Gasteiger partial charge in [0.1, 0.15) is 5.69 Å². The average molecular weight is 567 g/mol. The molecule has 0 aliphatic heterocycles. The number of nitro groups is 1. The molecule has 0 fully saturated rings. The lowest BCUT2D eigenvalue weighted by Crippen LogP contribution is -2.32. The van der Waals surface area contributed by atoms with E-state index in [9.17, 15) is 19.7 Å². The molecular formula is C19H29Br2N5O5. The number of nitrogens with one attached hydrogen (secondary N) is 2. The first-order valence-electron chi connectivity index (χ1n) is 10.0. The quantitative estimate of drug-likeness (QED) is 0.0634. The van der Waals surface area contributed by atoms with Crippen LogP contribution in [0, 0.1) is 10.1 Å². The molecule has 0 atom stereocenters. The molecule has 0 saturated carbocycles. The van der Waals surface area contributed by atoms with Crippen molar-refractivity contribution in [2.45, 2.75) is 38.5 Å². The highest BCUT2D eigenvalue weighted by Gasteiger charge is 2.27. The van der Waals surface area contributed by atoms with Crippen molar-refractivity contribution in [2.75, 3.05) is 40.9 Å². The second kappa shape index (κ2) is 15.0. The molecule has 0 aliphatic rings. The molecule has 0 saturated heterocycles. The lowest BCUT2D eigenvalue weighted by atomic mass is 10.1. The van der Waals surface area contributed by atoms with E-state index in [4.69, 9.17) is 10.9 Å². The molecule has 0 aromatic heterocycles. The molecule has 0 unspecified atom stereocenters. The molecule has 0 heterocycles. The van der Waals surface area contributed by atoms with E-state index in [-0.39, 0.29) is 29.0 Å². The van der Waals surface area contributed by atoms with E-state index < -0.39 is 16.7 Å². The SMILES string of the molecule is Nc1cc(C(=O)NCCCCCCCC(=O)NO)c(N(CCBr)CCBr)c([N+](=O)[O-])c1. The zero-order valence-electron chi connectivity index (χ0n) is 17.2. The summed E-state index contributed by atoms with van der Waals surface area (Å²) in [7, 11) is 0. The minimum atomic E-state index is -0.519. The first kappa shape index (κ1) is 27.1. The fourth-order valence-electron chi connectivity index (χ4n) is 3.12. The number of anilines is 2. The number of benzene rings is 1. The predicted octanol–water partition coefficient (Wildman–Crippen LogP) is 3.35. The van der Waals surface area contributed by atoms with Gasteiger partial charge in [0.2, 0.25) is 5.91 Å². The molecule has 2 amide bonds. The molecule has 174 valence electrons. The molecule has 31 heavy (non-hydrogen) atoms. The van der Waals surface area contributed by atoms with Gasteiger partial charge in [0.25, 0.3) is 11.6 Å². The fraction of sp³-hybridized carbons (Fsp3) is 0.579. The van der Waals surface area contributed by atoms with Gasteiger partial charge in [-0.2, -0.15) is 0 Å². The number of nitrogens with two attached hydrogens (primary N) is 1. The van der Waals surface area contributed by atoms with Crippen LogP contribution in [0.15, 0.2) is 12.1 Å². The Kier molecular flexibility index (Phi) is 13.1. The molecule has 1 aromatic rings. The summed E-state index contributed by atoms with van der Waals surface area (Å²) in [5.41, 5.74) is 7.85. The van der Waals surface area contributed by atoms with Crippen LogP contribution in [0.2, 0.25) is 0 Å². The average Bonchev–Trinajstić information content (AvgIpc) is 2.74. The Morgan fingerprint density at radius 2 is 1.71 bits per heavy atom. The van der Waals surface area contributed by atoms with E-state index in [2.05, 4.69) is 37.2 Å². The van der Waals surface area contributed by atoms with Gasteiger partial charge in [-0.05, 0) is 18.9 Å². The molecule has 5 N–H and O–H groups in total. The second-order valence-corrected chi connectivity index (χ2v) is 8.45. The Morgan fingerprint density at radius 1 is 1.10 bits per heavy atom. The highest BCUT2D eigenvalue weighted by Crippen LogP contribution is 2.35. The van der Waals surface area contributed by atoms with Gasteiger partial charge in [-0.3, -0.25) is 24.9 Å². The van der Waals surface area contributed by atoms with Gasteiger partial charge in [-0.25, -0.2) is 5.48 Å². The van der Waals surface area contributed by atoms with E-state index in [1.165, 1.54) is 12.1 Å². The zero-order valence-corrected chi connectivity index (χ0v) is 20.4. The van der Waals surface area contributed by atoms with Crippen molar-refractivity contribution in [3.05, 3.63) is 27.8 Å². The number of alkyl halides is 2. The third-order valence-electron chi connectivity index (χ3n) is 4.57. The van der Waals surface area contributed by atoms with Crippen molar-refractivity contribution in [1.29, 1.82) is 0 Å². The van der Waals surface area contributed by atoms with Crippen LogP contribution in [0.25, 0.3) is 0 Å². The summed E-state index contributed by atoms with van der Waals surface area (Å²) in [6.07, 6.45) is 4.32. The molecule has 1 rings (SSSR count). The predicted molar refractivity (Wildman–Crippen MR) is 127 cm³/mol. The van der Waals surface area contributed by atoms with Gasteiger partial charge in [-0.15, -0.1) is 0 Å². The lowest BCUT2D eigenvalue weighted by molar-refractivity contribution is -0.384. The number of carbonyl (C=O) groups is 2. The van der Waals surface area contributed by atoms with Crippen molar-refractivity contribution < 1.29 is 19.7 Å². The molecule has 1 aromatic carbocycles. The highest BCUT2D eigenvalue weighted by molar-refractivity contribution is 9.09. The second-order valence-electron chi connectivity index (χ2n) is 6.87. The van der Waals surface area contributed by atoms with Crippen LogP contribution >= 0.6 is 31.9 Å². The minimum absolute atomic E-state index is 0.158. The Morgan fingerprint density at radius 3 is 2.29 bits per heavy atom. The molecule has 0 spiro atoms. The van der Waals surface area contributed by atoms with Crippen molar-refractivity contribution >= 4 is 60.7 Å². The normalized spacial score (nSPS) is 10.5. The summed E-state index contributed by atoms with van der Waals surface area (Å²) in [6, 6.07) is 2.75. The van der Waals surface area contributed by atoms with Crippen molar-refractivity contribution in [3.63, 3.8) is 0 Å². The van der Waals surface area contributed by atoms with Crippen LogP contribution in [0.1, 0.15) is 48.9 Å². The summed E-state index contributed by atoms with van der Waals surface area (Å²) in [4.78, 5) is 36.7. The number of nitro benzene ring substituents is 1. The number of hydroxylamine groups is 1. The Hall–Kier alpha value is -1.92. The van der Waals surface area contributed by atoms with Crippen molar-refractivity contribution in [2.24, 2.45) is 0 Å². The summed E-state index contributed by atoms with van der Waals surface area (Å²) in [6.45, 7) is 1.41. The number of hydrogen-bond donors (Lipinski definition) is 4. The Labute approximate surface area is 198 Å². The van der Waals surface area contributed by atoms with E-state index in [1.54, 1.807) is 10.4 Å². The largest absolute Gasteiger partial charge is 0.399 e. The monoisotopic (exact) mass is 565 g/mol. The van der Waals surface area contributed by atoms with E-state index in [0.29, 0.717) is 36.7 Å². The van der Waals surface area contributed by atoms with Crippen molar-refractivity contribution in [3.8, 4) is 0 Å². The van der Waals surface area contributed by atoms with E-state index in [0.717, 1.165) is 25.7 Å². The topological polar surface area (TPSA) is 151 Å². The molecule has 0 radical (unpaired) electrons. The summed E-state index contributed by atoms with van der Waals surface area (Å²) >= 11 is 6.71. The first-order valence-corrected chi connectivity index (χ1v) is 12.3. The fourth-order valence-corrected chi connectivity index (χ4v) is 3.98. The van der Waals surface area contributed by atoms with Crippen LogP contribution in [-0.4, -0.2) is 52.2 Å². The number of amides is 2. The first-order chi connectivity index (χ1) is 14.8. The summed E-state index contributed by atoms with van der Waals surface area (Å²) in [5.74, 6) is -0.799. The minimum Gasteiger partial charge on any atom is -0.399 e. The molecule has 10 nitrogen and oxygen atoms in total. The van der Waals surface area contributed by atoms with E-state index >= 15 is 0 Å². The number of unbranched alkanes of at least 4 members (excludes halogenated alkanes) is 4. The van der Waals surface area contributed by atoms with Gasteiger partial charge in [0.05, 0.1) is 10.5 Å². The maximum absolute atomic E-state index is 12.8. The lowest BCUT2D eigenvalue weighted by Gasteiger charge is -2.25. The van der Waals surface area contributed by atoms with Gasteiger partial charge < -0.3 is 16.0 Å². The van der Waals surface area contributed by atoms with Crippen LogP contribution in [-0.2, 0) is 4.79 Å². The molecular weight excluding hydrogens is 538 g/mol. The van der Waals surface area contributed by atoms with E-state index in [1.807, 2.05) is 0 Å². The van der Waals surface area contributed by atoms with Crippen LogP contribution in [0.3, 0.4) is 0 Å². The molecule has 0 aliphatic carbocycles.